The lowest BCUT2D eigenvalue weighted by molar-refractivity contribution is -0.389. The Bertz CT molecular complexity index is 660. The molecule has 0 spiro atoms. The van der Waals surface area contributed by atoms with Crippen molar-refractivity contribution in [2.45, 2.75) is 33.4 Å². The van der Waals surface area contributed by atoms with Crippen molar-refractivity contribution in [3.8, 4) is 0 Å². The van der Waals surface area contributed by atoms with Crippen LogP contribution in [0, 0.1) is 17.0 Å². The standard InChI is InChI=1S/C12H16N6O3/c1-3-4-16-7-10(6-13-16)14-12(19)8-17-9(2)5-11(15-17)18(20)21/h5-7H,3-4,8H2,1-2H3,(H,14,19). The van der Waals surface area contributed by atoms with Gasteiger partial charge >= 0.3 is 5.82 Å². The number of aromatic nitrogens is 4. The Balaban J connectivity index is 1.99. The Kier molecular flexibility index (Phi) is 4.31. The average Bonchev–Trinajstić information content (AvgIpc) is 2.98. The van der Waals surface area contributed by atoms with Gasteiger partial charge in [-0.25, -0.2) is 0 Å². The molecule has 1 amide bonds. The van der Waals surface area contributed by atoms with Crippen LogP contribution in [0.2, 0.25) is 0 Å². The van der Waals surface area contributed by atoms with Gasteiger partial charge in [-0.2, -0.15) is 9.78 Å². The quantitative estimate of drug-likeness (QED) is 0.638. The molecule has 9 heteroatoms. The van der Waals surface area contributed by atoms with Crippen LogP contribution in [0.4, 0.5) is 11.5 Å². The van der Waals surface area contributed by atoms with E-state index in [1.807, 2.05) is 6.92 Å². The number of aryl methyl sites for hydroxylation is 2. The lowest BCUT2D eigenvalue weighted by Crippen LogP contribution is -2.20. The summed E-state index contributed by atoms with van der Waals surface area (Å²) in [7, 11) is 0. The Morgan fingerprint density at radius 2 is 2.29 bits per heavy atom. The van der Waals surface area contributed by atoms with Crippen LogP contribution in [-0.4, -0.2) is 30.4 Å². The number of amides is 1. The number of hydrogen-bond acceptors (Lipinski definition) is 5. The molecule has 2 heterocycles. The van der Waals surface area contributed by atoms with E-state index in [0.717, 1.165) is 13.0 Å². The fourth-order valence-corrected chi connectivity index (χ4v) is 1.86. The second-order valence-electron chi connectivity index (χ2n) is 4.60. The highest BCUT2D eigenvalue weighted by Crippen LogP contribution is 2.11. The van der Waals surface area contributed by atoms with Crippen LogP contribution in [0.5, 0.6) is 0 Å². The zero-order valence-electron chi connectivity index (χ0n) is 11.8. The van der Waals surface area contributed by atoms with Gasteiger partial charge in [0.2, 0.25) is 5.91 Å². The summed E-state index contributed by atoms with van der Waals surface area (Å²) in [6.45, 7) is 4.39. The monoisotopic (exact) mass is 292 g/mol. The van der Waals surface area contributed by atoms with E-state index in [0.29, 0.717) is 11.4 Å². The van der Waals surface area contributed by atoms with Crippen LogP contribution in [0.25, 0.3) is 0 Å². The summed E-state index contributed by atoms with van der Waals surface area (Å²) in [4.78, 5) is 21.9. The van der Waals surface area contributed by atoms with E-state index in [2.05, 4.69) is 15.5 Å². The maximum absolute atomic E-state index is 11.9. The fourth-order valence-electron chi connectivity index (χ4n) is 1.86. The predicted octanol–water partition coefficient (Wildman–Crippen LogP) is 1.34. The zero-order chi connectivity index (χ0) is 15.4. The van der Waals surface area contributed by atoms with Crippen LogP contribution >= 0.6 is 0 Å². The van der Waals surface area contributed by atoms with Crippen LogP contribution in [0.15, 0.2) is 18.5 Å². The first kappa shape index (κ1) is 14.7. The number of rotatable bonds is 6. The molecule has 9 nitrogen and oxygen atoms in total. The summed E-state index contributed by atoms with van der Waals surface area (Å²) in [5.74, 6) is -0.580. The van der Waals surface area contributed by atoms with Crippen molar-refractivity contribution in [2.75, 3.05) is 5.32 Å². The van der Waals surface area contributed by atoms with Gasteiger partial charge in [-0.1, -0.05) is 6.92 Å². The molecule has 0 saturated carbocycles. The molecule has 0 radical (unpaired) electrons. The highest BCUT2D eigenvalue weighted by atomic mass is 16.6. The zero-order valence-corrected chi connectivity index (χ0v) is 11.8. The predicted molar refractivity (Wildman–Crippen MR) is 74.8 cm³/mol. The first-order valence-corrected chi connectivity index (χ1v) is 6.50. The fraction of sp³-hybridized carbons (Fsp3) is 0.417. The smallest absolute Gasteiger partial charge is 0.358 e. The minimum absolute atomic E-state index is 0.0847. The van der Waals surface area contributed by atoms with Crippen LogP contribution in [0.1, 0.15) is 19.0 Å². The van der Waals surface area contributed by atoms with Gasteiger partial charge < -0.3 is 15.4 Å². The Morgan fingerprint density at radius 3 is 2.90 bits per heavy atom. The van der Waals surface area contributed by atoms with Gasteiger partial charge in [-0.15, -0.1) is 0 Å². The topological polar surface area (TPSA) is 108 Å². The summed E-state index contributed by atoms with van der Waals surface area (Å²) < 4.78 is 3.03. The first-order valence-electron chi connectivity index (χ1n) is 6.50. The molecule has 2 rings (SSSR count). The van der Waals surface area contributed by atoms with Crippen LogP contribution in [0.3, 0.4) is 0 Å². The van der Waals surface area contributed by atoms with Crippen molar-refractivity contribution in [3.63, 3.8) is 0 Å². The molecule has 0 bridgehead atoms. The number of carbonyl (C=O) groups is 1. The third kappa shape index (κ3) is 3.65. The lowest BCUT2D eigenvalue weighted by atomic mass is 10.4. The SMILES string of the molecule is CCCn1cc(NC(=O)Cn2nc([N+](=O)[O-])cc2C)cn1. The second-order valence-corrected chi connectivity index (χ2v) is 4.60. The van der Waals surface area contributed by atoms with Crippen LogP contribution < -0.4 is 5.32 Å². The molecule has 112 valence electrons. The van der Waals surface area contributed by atoms with Gasteiger partial charge in [0.15, 0.2) is 0 Å². The largest absolute Gasteiger partial charge is 0.390 e. The lowest BCUT2D eigenvalue weighted by Gasteiger charge is -2.01. The molecule has 0 unspecified atom stereocenters. The van der Waals surface area contributed by atoms with E-state index in [1.54, 1.807) is 24.0 Å². The van der Waals surface area contributed by atoms with E-state index >= 15 is 0 Å². The van der Waals surface area contributed by atoms with E-state index in [-0.39, 0.29) is 18.3 Å². The normalized spacial score (nSPS) is 10.6. The number of nitro groups is 1. The van der Waals surface area contributed by atoms with Gasteiger partial charge in [0.1, 0.15) is 6.54 Å². The van der Waals surface area contributed by atoms with E-state index in [9.17, 15) is 14.9 Å². The molecule has 0 aliphatic carbocycles. The molecule has 2 aromatic heterocycles. The molecule has 0 aromatic carbocycles. The number of nitrogens with one attached hydrogen (secondary N) is 1. The minimum atomic E-state index is -0.587. The minimum Gasteiger partial charge on any atom is -0.358 e. The van der Waals surface area contributed by atoms with Crippen molar-refractivity contribution in [1.82, 2.24) is 19.6 Å². The number of carbonyl (C=O) groups excluding carboxylic acids is 1. The summed E-state index contributed by atoms with van der Waals surface area (Å²) in [6, 6.07) is 1.33. The summed E-state index contributed by atoms with van der Waals surface area (Å²) in [6.07, 6.45) is 4.25. The summed E-state index contributed by atoms with van der Waals surface area (Å²) >= 11 is 0. The maximum Gasteiger partial charge on any atom is 0.390 e. The molecule has 0 fully saturated rings. The Morgan fingerprint density at radius 1 is 1.52 bits per heavy atom. The summed E-state index contributed by atoms with van der Waals surface area (Å²) in [5, 5.41) is 21.2. The molecule has 0 aliphatic heterocycles. The number of nitrogens with zero attached hydrogens (tertiary/aromatic N) is 5. The van der Waals surface area contributed by atoms with Gasteiger partial charge in [-0.05, 0) is 18.3 Å². The van der Waals surface area contributed by atoms with E-state index in [1.165, 1.54) is 10.7 Å². The van der Waals surface area contributed by atoms with Gasteiger partial charge in [-0.3, -0.25) is 9.48 Å². The van der Waals surface area contributed by atoms with Crippen LogP contribution in [-0.2, 0) is 17.9 Å². The molecule has 2 aromatic rings. The van der Waals surface area contributed by atoms with Crippen molar-refractivity contribution >= 4 is 17.4 Å². The highest BCUT2D eigenvalue weighted by molar-refractivity contribution is 5.90. The van der Waals surface area contributed by atoms with E-state index < -0.39 is 4.92 Å². The third-order valence-electron chi connectivity index (χ3n) is 2.82. The van der Waals surface area contributed by atoms with Gasteiger partial charge in [0.05, 0.1) is 28.7 Å². The molecular weight excluding hydrogens is 276 g/mol. The van der Waals surface area contributed by atoms with Crippen molar-refractivity contribution in [2.24, 2.45) is 0 Å². The molecular formula is C12H16N6O3. The molecule has 0 aliphatic rings. The molecule has 0 atom stereocenters. The molecule has 1 N–H and O–H groups in total. The Hall–Kier alpha value is -2.71. The van der Waals surface area contributed by atoms with Crippen molar-refractivity contribution < 1.29 is 9.72 Å². The number of hydrogen-bond donors (Lipinski definition) is 1. The van der Waals surface area contributed by atoms with Crippen molar-refractivity contribution in [3.05, 3.63) is 34.3 Å². The summed E-state index contributed by atoms with van der Waals surface area (Å²) in [5.41, 5.74) is 1.14. The van der Waals surface area contributed by atoms with Gasteiger partial charge in [0.25, 0.3) is 0 Å². The highest BCUT2D eigenvalue weighted by Gasteiger charge is 2.17. The van der Waals surface area contributed by atoms with Gasteiger partial charge in [0, 0.05) is 12.7 Å². The molecule has 21 heavy (non-hydrogen) atoms. The average molecular weight is 292 g/mol. The third-order valence-corrected chi connectivity index (χ3v) is 2.82. The van der Waals surface area contributed by atoms with Crippen molar-refractivity contribution in [1.29, 1.82) is 0 Å². The first-order chi connectivity index (χ1) is 9.99. The van der Waals surface area contributed by atoms with E-state index in [4.69, 9.17) is 0 Å². The number of anilines is 1. The second kappa shape index (κ2) is 6.16. The molecule has 0 saturated heterocycles. The Labute approximate surface area is 120 Å². The maximum atomic E-state index is 11.9.